The first-order valence-corrected chi connectivity index (χ1v) is 5.35. The number of rotatable bonds is 4. The van der Waals surface area contributed by atoms with Crippen LogP contribution in [0.15, 0.2) is 5.10 Å². The number of nitrogens with two attached hydrogens (primary N) is 1. The fourth-order valence-electron chi connectivity index (χ4n) is 1.10. The molecule has 0 aliphatic carbocycles. The van der Waals surface area contributed by atoms with E-state index in [2.05, 4.69) is 24.4 Å². The first-order valence-electron chi connectivity index (χ1n) is 4.47. The highest BCUT2D eigenvalue weighted by Crippen LogP contribution is 2.21. The fourth-order valence-corrected chi connectivity index (χ4v) is 1.85. The molecule has 4 heteroatoms. The van der Waals surface area contributed by atoms with Crippen LogP contribution in [-0.2, 0) is 0 Å². The van der Waals surface area contributed by atoms with E-state index in [1.54, 1.807) is 11.8 Å². The lowest BCUT2D eigenvalue weighted by Crippen LogP contribution is -2.16. The Balaban J connectivity index is 2.10. The smallest absolute Gasteiger partial charge is 0.179 e. The molecule has 70 valence electrons. The highest BCUT2D eigenvalue weighted by Gasteiger charge is 2.16. The molecule has 0 aromatic rings. The summed E-state index contributed by atoms with van der Waals surface area (Å²) in [6.45, 7) is 4.51. The Kier molecular flexibility index (Phi) is 3.72. The molecule has 1 heterocycles. The van der Waals surface area contributed by atoms with E-state index < -0.39 is 0 Å². The number of thioether (sulfide) groups is 1. The predicted molar refractivity (Wildman–Crippen MR) is 54.8 cm³/mol. The minimum absolute atomic E-state index is 0.416. The first-order chi connectivity index (χ1) is 5.72. The van der Waals surface area contributed by atoms with Crippen molar-refractivity contribution in [3.8, 4) is 0 Å². The molecule has 2 unspecified atom stereocenters. The van der Waals surface area contributed by atoms with Crippen molar-refractivity contribution in [1.82, 2.24) is 5.43 Å². The molecule has 0 amide bonds. The minimum Gasteiger partial charge on any atom is -0.377 e. The number of hydrogen-bond acceptors (Lipinski definition) is 4. The third kappa shape index (κ3) is 2.93. The highest BCUT2D eigenvalue weighted by atomic mass is 32.2. The van der Waals surface area contributed by atoms with Crippen LogP contribution in [0.4, 0.5) is 0 Å². The van der Waals surface area contributed by atoms with Gasteiger partial charge in [-0.15, -0.1) is 0 Å². The van der Waals surface area contributed by atoms with Gasteiger partial charge in [-0.2, -0.15) is 5.10 Å². The molecule has 1 aliphatic rings. The molecule has 0 bridgehead atoms. The summed E-state index contributed by atoms with van der Waals surface area (Å²) < 4.78 is 0. The zero-order valence-corrected chi connectivity index (χ0v) is 8.53. The van der Waals surface area contributed by atoms with Gasteiger partial charge in [-0.1, -0.05) is 32.0 Å². The van der Waals surface area contributed by atoms with Crippen LogP contribution in [0.5, 0.6) is 0 Å². The van der Waals surface area contributed by atoms with E-state index in [9.17, 15) is 0 Å². The van der Waals surface area contributed by atoms with Crippen LogP contribution in [0.25, 0.3) is 0 Å². The number of nitrogens with zero attached hydrogens (tertiary/aromatic N) is 1. The first kappa shape index (κ1) is 9.71. The molecular weight excluding hydrogens is 170 g/mol. The largest absolute Gasteiger partial charge is 0.377 e. The van der Waals surface area contributed by atoms with Gasteiger partial charge in [0.05, 0.1) is 5.37 Å². The van der Waals surface area contributed by atoms with Gasteiger partial charge >= 0.3 is 0 Å². The van der Waals surface area contributed by atoms with Crippen LogP contribution in [0.3, 0.4) is 0 Å². The topological polar surface area (TPSA) is 50.4 Å². The van der Waals surface area contributed by atoms with Crippen molar-refractivity contribution >= 4 is 16.9 Å². The van der Waals surface area contributed by atoms with Crippen molar-refractivity contribution in [2.75, 3.05) is 0 Å². The lowest BCUT2D eigenvalue weighted by Gasteiger charge is -2.11. The van der Waals surface area contributed by atoms with Crippen molar-refractivity contribution < 1.29 is 0 Å². The third-order valence-corrected chi connectivity index (χ3v) is 3.16. The van der Waals surface area contributed by atoms with Crippen LogP contribution in [0, 0.1) is 5.92 Å². The van der Waals surface area contributed by atoms with Crippen LogP contribution in [-0.4, -0.2) is 10.5 Å². The van der Waals surface area contributed by atoms with Gasteiger partial charge in [0, 0.05) is 0 Å². The SMILES string of the molecule is CCC(C)CCC1NN=C(N)S1. The Bertz CT molecular complexity index is 170. The number of hydrazone groups is 1. The minimum atomic E-state index is 0.416. The van der Waals surface area contributed by atoms with Gasteiger partial charge in [0.2, 0.25) is 0 Å². The molecule has 3 nitrogen and oxygen atoms in total. The average Bonchev–Trinajstić information content (AvgIpc) is 2.47. The molecule has 0 saturated heterocycles. The molecule has 0 saturated carbocycles. The van der Waals surface area contributed by atoms with E-state index in [-0.39, 0.29) is 0 Å². The van der Waals surface area contributed by atoms with E-state index >= 15 is 0 Å². The van der Waals surface area contributed by atoms with Crippen LogP contribution >= 0.6 is 11.8 Å². The second kappa shape index (κ2) is 4.60. The second-order valence-corrected chi connectivity index (χ2v) is 4.50. The number of amidine groups is 1. The summed E-state index contributed by atoms with van der Waals surface area (Å²) in [5.74, 6) is 0.814. The molecule has 1 aliphatic heterocycles. The molecule has 0 aromatic carbocycles. The van der Waals surface area contributed by atoms with Gasteiger partial charge in [-0.25, -0.2) is 0 Å². The van der Waals surface area contributed by atoms with Crippen molar-refractivity contribution in [1.29, 1.82) is 0 Å². The molecule has 2 atom stereocenters. The van der Waals surface area contributed by atoms with Crippen molar-refractivity contribution in [2.45, 2.75) is 38.5 Å². The Labute approximate surface area is 78.2 Å². The van der Waals surface area contributed by atoms with E-state index in [0.29, 0.717) is 10.5 Å². The number of hydrogen-bond donors (Lipinski definition) is 2. The normalized spacial score (nSPS) is 24.8. The summed E-state index contributed by atoms with van der Waals surface area (Å²) in [5, 5.41) is 5.01. The van der Waals surface area contributed by atoms with E-state index in [1.807, 2.05) is 0 Å². The molecule has 12 heavy (non-hydrogen) atoms. The van der Waals surface area contributed by atoms with Gasteiger partial charge in [0.25, 0.3) is 0 Å². The van der Waals surface area contributed by atoms with Crippen molar-refractivity contribution in [3.63, 3.8) is 0 Å². The molecule has 0 radical (unpaired) electrons. The molecule has 0 fully saturated rings. The summed E-state index contributed by atoms with van der Waals surface area (Å²) in [5.41, 5.74) is 8.53. The van der Waals surface area contributed by atoms with Gasteiger partial charge in [-0.05, 0) is 18.8 Å². The van der Waals surface area contributed by atoms with Gasteiger partial charge in [0.15, 0.2) is 5.17 Å². The Morgan fingerprint density at radius 1 is 1.75 bits per heavy atom. The summed E-state index contributed by atoms with van der Waals surface area (Å²) in [6.07, 6.45) is 3.67. The standard InChI is InChI=1S/C8H17N3S/c1-3-6(2)4-5-7-10-11-8(9)12-7/h6-7,10H,3-5H2,1-2H3,(H2,9,11). The molecular formula is C8H17N3S. The Morgan fingerprint density at radius 3 is 3.00 bits per heavy atom. The lowest BCUT2D eigenvalue weighted by molar-refractivity contribution is 0.474. The summed E-state index contributed by atoms with van der Waals surface area (Å²) in [7, 11) is 0. The quantitative estimate of drug-likeness (QED) is 0.704. The third-order valence-electron chi connectivity index (χ3n) is 2.20. The predicted octanol–water partition coefficient (Wildman–Crippen LogP) is 1.70. The second-order valence-electron chi connectivity index (χ2n) is 3.28. The highest BCUT2D eigenvalue weighted by molar-refractivity contribution is 8.14. The van der Waals surface area contributed by atoms with Gasteiger partial charge in [-0.3, -0.25) is 5.43 Å². The lowest BCUT2D eigenvalue weighted by atomic mass is 10.0. The zero-order valence-electron chi connectivity index (χ0n) is 7.71. The maximum Gasteiger partial charge on any atom is 0.179 e. The molecule has 1 rings (SSSR count). The van der Waals surface area contributed by atoms with Crippen molar-refractivity contribution in [3.05, 3.63) is 0 Å². The number of nitrogens with one attached hydrogen (secondary N) is 1. The maximum atomic E-state index is 5.51. The Morgan fingerprint density at radius 2 is 2.50 bits per heavy atom. The molecule has 0 spiro atoms. The zero-order chi connectivity index (χ0) is 8.97. The van der Waals surface area contributed by atoms with E-state index in [0.717, 1.165) is 12.3 Å². The monoisotopic (exact) mass is 187 g/mol. The Hall–Kier alpha value is -0.380. The summed E-state index contributed by atoms with van der Waals surface area (Å²) in [4.78, 5) is 0. The maximum absolute atomic E-state index is 5.51. The van der Waals surface area contributed by atoms with E-state index in [4.69, 9.17) is 5.73 Å². The van der Waals surface area contributed by atoms with Crippen molar-refractivity contribution in [2.24, 2.45) is 16.8 Å². The van der Waals surface area contributed by atoms with Crippen LogP contribution in [0.2, 0.25) is 0 Å². The van der Waals surface area contributed by atoms with Crippen LogP contribution in [0.1, 0.15) is 33.1 Å². The fraction of sp³-hybridized carbons (Fsp3) is 0.875. The summed E-state index contributed by atoms with van der Waals surface area (Å²) in [6, 6.07) is 0. The molecule has 0 aromatic heterocycles. The summed E-state index contributed by atoms with van der Waals surface area (Å²) >= 11 is 1.63. The van der Waals surface area contributed by atoms with E-state index in [1.165, 1.54) is 12.8 Å². The average molecular weight is 187 g/mol. The molecule has 3 N–H and O–H groups in total. The van der Waals surface area contributed by atoms with Crippen LogP contribution < -0.4 is 11.2 Å². The van der Waals surface area contributed by atoms with Gasteiger partial charge in [0.1, 0.15) is 0 Å². The van der Waals surface area contributed by atoms with Gasteiger partial charge < -0.3 is 5.73 Å².